The Bertz CT molecular complexity index is 450. The first kappa shape index (κ1) is 14.1. The number of methoxy groups -OCH3 is 1. The first-order valence-corrected chi connectivity index (χ1v) is 6.22. The highest BCUT2D eigenvalue weighted by Crippen LogP contribution is 2.45. The largest absolute Gasteiger partial charge is 0.495 e. The lowest BCUT2D eigenvalue weighted by molar-refractivity contribution is -0.187. The third-order valence-electron chi connectivity index (χ3n) is 3.71. The molecule has 1 fully saturated rings. The van der Waals surface area contributed by atoms with Gasteiger partial charge in [-0.15, -0.1) is 0 Å². The number of pyridine rings is 1. The fourth-order valence-electron chi connectivity index (χ4n) is 2.73. The smallest absolute Gasteiger partial charge is 0.391 e. The van der Waals surface area contributed by atoms with Crippen molar-refractivity contribution in [2.45, 2.75) is 37.4 Å². The summed E-state index contributed by atoms with van der Waals surface area (Å²) in [6, 6.07) is 3.35. The van der Waals surface area contributed by atoms with Crippen LogP contribution in [0.15, 0.2) is 18.3 Å². The van der Waals surface area contributed by atoms with Gasteiger partial charge in [-0.2, -0.15) is 13.2 Å². The maximum absolute atomic E-state index is 12.9. The van der Waals surface area contributed by atoms with Crippen LogP contribution in [-0.2, 0) is 5.54 Å². The summed E-state index contributed by atoms with van der Waals surface area (Å²) in [7, 11) is 1.47. The molecule has 0 spiro atoms. The van der Waals surface area contributed by atoms with Crippen molar-refractivity contribution in [2.24, 2.45) is 11.7 Å². The van der Waals surface area contributed by atoms with Gasteiger partial charge in [0.1, 0.15) is 11.4 Å². The Labute approximate surface area is 110 Å². The predicted octanol–water partition coefficient (Wildman–Crippen LogP) is 3.00. The fourth-order valence-corrected chi connectivity index (χ4v) is 2.73. The van der Waals surface area contributed by atoms with Crippen LogP contribution in [0.1, 0.15) is 31.4 Å². The van der Waals surface area contributed by atoms with Crippen LogP contribution in [-0.4, -0.2) is 18.3 Å². The molecule has 1 saturated carbocycles. The zero-order valence-corrected chi connectivity index (χ0v) is 10.7. The maximum Gasteiger partial charge on any atom is 0.391 e. The highest BCUT2D eigenvalue weighted by molar-refractivity contribution is 5.33. The third kappa shape index (κ3) is 2.83. The second-order valence-electron chi connectivity index (χ2n) is 5.05. The number of rotatable bonds is 2. The van der Waals surface area contributed by atoms with E-state index in [2.05, 4.69) is 4.98 Å². The van der Waals surface area contributed by atoms with E-state index in [4.69, 9.17) is 10.5 Å². The Kier molecular flexibility index (Phi) is 3.71. The normalized spacial score (nSPS) is 28.2. The first-order valence-electron chi connectivity index (χ1n) is 6.22. The molecule has 0 amide bonds. The molecule has 1 aromatic rings. The van der Waals surface area contributed by atoms with Gasteiger partial charge in [0.25, 0.3) is 0 Å². The summed E-state index contributed by atoms with van der Waals surface area (Å²) in [6.07, 6.45) is -1.73. The number of alkyl halides is 3. The molecule has 0 aliphatic heterocycles. The minimum atomic E-state index is -4.20. The van der Waals surface area contributed by atoms with Gasteiger partial charge in [0.2, 0.25) is 0 Å². The average Bonchev–Trinajstić information content (AvgIpc) is 2.38. The van der Waals surface area contributed by atoms with Gasteiger partial charge in [-0.1, -0.05) is 6.42 Å². The lowest BCUT2D eigenvalue weighted by Gasteiger charge is -2.38. The van der Waals surface area contributed by atoms with E-state index in [1.54, 1.807) is 12.1 Å². The SMILES string of the molecule is COc1cccnc1C1(N)CCCC(C(F)(F)F)C1. The van der Waals surface area contributed by atoms with Crippen LogP contribution in [0.4, 0.5) is 13.2 Å². The molecule has 2 atom stereocenters. The molecule has 2 rings (SSSR count). The molecule has 6 heteroatoms. The molecule has 0 aromatic carbocycles. The molecule has 0 bridgehead atoms. The van der Waals surface area contributed by atoms with E-state index in [1.807, 2.05) is 0 Å². The standard InChI is InChI=1S/C13H17F3N2O/c1-19-10-5-3-7-18-11(10)12(17)6-2-4-9(8-12)13(14,15)16/h3,5,7,9H,2,4,6,8,17H2,1H3. The van der Waals surface area contributed by atoms with Gasteiger partial charge in [0.05, 0.1) is 18.6 Å². The van der Waals surface area contributed by atoms with Crippen LogP contribution in [0.3, 0.4) is 0 Å². The van der Waals surface area contributed by atoms with Gasteiger partial charge in [-0.3, -0.25) is 4.98 Å². The van der Waals surface area contributed by atoms with E-state index >= 15 is 0 Å². The van der Waals surface area contributed by atoms with Gasteiger partial charge < -0.3 is 10.5 Å². The minimum absolute atomic E-state index is 0.135. The molecule has 2 N–H and O–H groups in total. The fraction of sp³-hybridized carbons (Fsp3) is 0.615. The van der Waals surface area contributed by atoms with Crippen LogP contribution in [0, 0.1) is 5.92 Å². The van der Waals surface area contributed by atoms with Crippen molar-refractivity contribution in [3.63, 3.8) is 0 Å². The Balaban J connectivity index is 2.31. The van der Waals surface area contributed by atoms with Crippen molar-refractivity contribution >= 4 is 0 Å². The Hall–Kier alpha value is -1.30. The number of aromatic nitrogens is 1. The van der Waals surface area contributed by atoms with Crippen molar-refractivity contribution in [1.82, 2.24) is 4.98 Å². The van der Waals surface area contributed by atoms with Gasteiger partial charge in [-0.25, -0.2) is 0 Å². The number of nitrogens with two attached hydrogens (primary N) is 1. The second-order valence-corrected chi connectivity index (χ2v) is 5.05. The molecule has 3 nitrogen and oxygen atoms in total. The number of hydrogen-bond acceptors (Lipinski definition) is 3. The minimum Gasteiger partial charge on any atom is -0.495 e. The molecule has 0 saturated heterocycles. The van der Waals surface area contributed by atoms with E-state index in [1.165, 1.54) is 13.3 Å². The van der Waals surface area contributed by atoms with E-state index in [-0.39, 0.29) is 12.8 Å². The summed E-state index contributed by atoms with van der Waals surface area (Å²) in [4.78, 5) is 4.14. The second kappa shape index (κ2) is 5.00. The zero-order chi connectivity index (χ0) is 14.1. The van der Waals surface area contributed by atoms with Gasteiger partial charge in [0.15, 0.2) is 0 Å². The topological polar surface area (TPSA) is 48.1 Å². The van der Waals surface area contributed by atoms with E-state index in [0.29, 0.717) is 24.3 Å². The Morgan fingerprint density at radius 3 is 2.84 bits per heavy atom. The van der Waals surface area contributed by atoms with Crippen molar-refractivity contribution in [3.8, 4) is 5.75 Å². The van der Waals surface area contributed by atoms with E-state index < -0.39 is 17.6 Å². The highest BCUT2D eigenvalue weighted by atomic mass is 19.4. The summed E-state index contributed by atoms with van der Waals surface area (Å²) in [5.74, 6) is -0.911. The van der Waals surface area contributed by atoms with Gasteiger partial charge in [0, 0.05) is 6.20 Å². The zero-order valence-electron chi connectivity index (χ0n) is 10.7. The molecule has 2 unspecified atom stereocenters. The Morgan fingerprint density at radius 1 is 1.47 bits per heavy atom. The van der Waals surface area contributed by atoms with E-state index in [0.717, 1.165) is 0 Å². The molecule has 0 radical (unpaired) electrons. The van der Waals surface area contributed by atoms with Crippen LogP contribution >= 0.6 is 0 Å². The first-order chi connectivity index (χ1) is 8.87. The van der Waals surface area contributed by atoms with Gasteiger partial charge >= 0.3 is 6.18 Å². The predicted molar refractivity (Wildman–Crippen MR) is 64.7 cm³/mol. The monoisotopic (exact) mass is 274 g/mol. The van der Waals surface area contributed by atoms with E-state index in [9.17, 15) is 13.2 Å². The van der Waals surface area contributed by atoms with Crippen molar-refractivity contribution in [2.75, 3.05) is 7.11 Å². The molecule has 1 aliphatic carbocycles. The van der Waals surface area contributed by atoms with Crippen LogP contribution < -0.4 is 10.5 Å². The number of nitrogens with zero attached hydrogens (tertiary/aromatic N) is 1. The van der Waals surface area contributed by atoms with Gasteiger partial charge in [-0.05, 0) is 31.4 Å². The van der Waals surface area contributed by atoms with Crippen molar-refractivity contribution < 1.29 is 17.9 Å². The summed E-state index contributed by atoms with van der Waals surface area (Å²) >= 11 is 0. The lowest BCUT2D eigenvalue weighted by atomic mass is 9.74. The van der Waals surface area contributed by atoms with Crippen molar-refractivity contribution in [1.29, 1.82) is 0 Å². The number of hydrogen-bond donors (Lipinski definition) is 1. The lowest BCUT2D eigenvalue weighted by Crippen LogP contribution is -2.45. The average molecular weight is 274 g/mol. The molecular weight excluding hydrogens is 257 g/mol. The van der Waals surface area contributed by atoms with Crippen molar-refractivity contribution in [3.05, 3.63) is 24.0 Å². The molecule has 1 aromatic heterocycles. The molecular formula is C13H17F3N2O. The van der Waals surface area contributed by atoms with Crippen LogP contribution in [0.2, 0.25) is 0 Å². The third-order valence-corrected chi connectivity index (χ3v) is 3.71. The summed E-state index contributed by atoms with van der Waals surface area (Å²) in [5, 5.41) is 0. The molecule has 1 aliphatic rings. The summed E-state index contributed by atoms with van der Waals surface area (Å²) in [5.41, 5.74) is 5.56. The highest BCUT2D eigenvalue weighted by Gasteiger charge is 2.48. The quantitative estimate of drug-likeness (QED) is 0.901. The maximum atomic E-state index is 12.9. The number of halogens is 3. The summed E-state index contributed by atoms with van der Waals surface area (Å²) < 4.78 is 43.8. The summed E-state index contributed by atoms with van der Waals surface area (Å²) in [6.45, 7) is 0. The molecule has 19 heavy (non-hydrogen) atoms. The number of ether oxygens (including phenoxy) is 1. The Morgan fingerprint density at radius 2 is 2.21 bits per heavy atom. The molecule has 1 heterocycles. The molecule has 106 valence electrons. The van der Waals surface area contributed by atoms with Crippen LogP contribution in [0.5, 0.6) is 5.75 Å². The van der Waals surface area contributed by atoms with Crippen LogP contribution in [0.25, 0.3) is 0 Å².